The first-order valence-corrected chi connectivity index (χ1v) is 7.07. The second-order valence-corrected chi connectivity index (χ2v) is 5.29. The fraction of sp³-hybridized carbons (Fsp3) is 0.312. The standard InChI is InChI=1S/C16H18N4O2/c1-10-6-5-7-13(8-10)16-17-14(22-19-16)9-21-15-11(2)18-20(4)12(15)3/h5-8H,9H2,1-4H3. The topological polar surface area (TPSA) is 66.0 Å². The van der Waals surface area contributed by atoms with Crippen molar-refractivity contribution in [2.45, 2.75) is 27.4 Å². The van der Waals surface area contributed by atoms with E-state index in [1.165, 1.54) is 0 Å². The molecular weight excluding hydrogens is 280 g/mol. The van der Waals surface area contributed by atoms with Crippen LogP contribution in [0.15, 0.2) is 28.8 Å². The van der Waals surface area contributed by atoms with E-state index < -0.39 is 0 Å². The zero-order valence-electron chi connectivity index (χ0n) is 13.1. The average Bonchev–Trinajstić information content (AvgIpc) is 3.04. The van der Waals surface area contributed by atoms with Gasteiger partial charge >= 0.3 is 0 Å². The summed E-state index contributed by atoms with van der Waals surface area (Å²) in [7, 11) is 1.89. The van der Waals surface area contributed by atoms with E-state index in [0.717, 1.165) is 28.3 Å². The molecule has 0 aliphatic carbocycles. The van der Waals surface area contributed by atoms with E-state index in [0.29, 0.717) is 11.7 Å². The van der Waals surface area contributed by atoms with Crippen molar-refractivity contribution in [3.8, 4) is 17.1 Å². The summed E-state index contributed by atoms with van der Waals surface area (Å²) in [6, 6.07) is 7.98. The summed E-state index contributed by atoms with van der Waals surface area (Å²) in [6.07, 6.45) is 0. The minimum Gasteiger partial charge on any atom is -0.480 e. The van der Waals surface area contributed by atoms with Gasteiger partial charge in [0.25, 0.3) is 5.89 Å². The van der Waals surface area contributed by atoms with Gasteiger partial charge in [0.15, 0.2) is 12.4 Å². The summed E-state index contributed by atoms with van der Waals surface area (Å²) < 4.78 is 12.8. The molecule has 0 N–H and O–H groups in total. The summed E-state index contributed by atoms with van der Waals surface area (Å²) in [4.78, 5) is 4.37. The van der Waals surface area contributed by atoms with Crippen molar-refractivity contribution in [3.05, 3.63) is 47.1 Å². The van der Waals surface area contributed by atoms with Crippen LogP contribution in [0.3, 0.4) is 0 Å². The van der Waals surface area contributed by atoms with Crippen LogP contribution in [0.2, 0.25) is 0 Å². The Morgan fingerprint density at radius 1 is 1.23 bits per heavy atom. The van der Waals surface area contributed by atoms with Crippen LogP contribution in [0.4, 0.5) is 0 Å². The molecule has 6 nitrogen and oxygen atoms in total. The molecule has 2 heterocycles. The molecule has 0 aliphatic rings. The Kier molecular flexibility index (Phi) is 3.66. The fourth-order valence-corrected chi connectivity index (χ4v) is 2.31. The number of ether oxygens (including phenoxy) is 1. The van der Waals surface area contributed by atoms with E-state index in [9.17, 15) is 0 Å². The van der Waals surface area contributed by atoms with Crippen molar-refractivity contribution in [2.24, 2.45) is 7.05 Å². The number of aryl methyl sites for hydroxylation is 3. The van der Waals surface area contributed by atoms with Crippen LogP contribution in [0.25, 0.3) is 11.4 Å². The molecular formula is C16H18N4O2. The van der Waals surface area contributed by atoms with Gasteiger partial charge in [0.05, 0.1) is 5.69 Å². The van der Waals surface area contributed by atoms with Crippen LogP contribution in [0, 0.1) is 20.8 Å². The maximum absolute atomic E-state index is 5.77. The van der Waals surface area contributed by atoms with Crippen molar-refractivity contribution in [3.63, 3.8) is 0 Å². The summed E-state index contributed by atoms with van der Waals surface area (Å²) in [5, 5.41) is 8.31. The second kappa shape index (κ2) is 5.63. The lowest BCUT2D eigenvalue weighted by atomic mass is 10.1. The molecule has 0 spiro atoms. The highest BCUT2D eigenvalue weighted by atomic mass is 16.5. The van der Waals surface area contributed by atoms with Gasteiger partial charge in [-0.1, -0.05) is 28.9 Å². The Balaban J connectivity index is 1.75. The van der Waals surface area contributed by atoms with Gasteiger partial charge in [-0.25, -0.2) is 0 Å². The Hall–Kier alpha value is -2.63. The van der Waals surface area contributed by atoms with Gasteiger partial charge in [0.1, 0.15) is 5.69 Å². The highest BCUT2D eigenvalue weighted by Crippen LogP contribution is 2.23. The lowest BCUT2D eigenvalue weighted by molar-refractivity contribution is 0.240. The monoisotopic (exact) mass is 298 g/mol. The van der Waals surface area contributed by atoms with Gasteiger partial charge in [0, 0.05) is 12.6 Å². The lowest BCUT2D eigenvalue weighted by Gasteiger charge is -2.02. The largest absolute Gasteiger partial charge is 0.480 e. The molecule has 0 atom stereocenters. The van der Waals surface area contributed by atoms with Gasteiger partial charge in [-0.3, -0.25) is 4.68 Å². The third-order valence-corrected chi connectivity index (χ3v) is 3.53. The molecule has 0 radical (unpaired) electrons. The minimum absolute atomic E-state index is 0.228. The predicted molar refractivity (Wildman–Crippen MR) is 81.5 cm³/mol. The number of nitrogens with zero attached hydrogens (tertiary/aromatic N) is 4. The van der Waals surface area contributed by atoms with Gasteiger partial charge in [-0.2, -0.15) is 10.1 Å². The van der Waals surface area contributed by atoms with E-state index in [4.69, 9.17) is 9.26 Å². The van der Waals surface area contributed by atoms with Crippen molar-refractivity contribution in [1.82, 2.24) is 19.9 Å². The molecule has 6 heteroatoms. The summed E-state index contributed by atoms with van der Waals surface area (Å²) in [6.45, 7) is 6.13. The molecule has 22 heavy (non-hydrogen) atoms. The zero-order chi connectivity index (χ0) is 15.7. The van der Waals surface area contributed by atoms with Crippen LogP contribution in [0.5, 0.6) is 5.75 Å². The van der Waals surface area contributed by atoms with Crippen LogP contribution < -0.4 is 4.74 Å². The highest BCUT2D eigenvalue weighted by molar-refractivity contribution is 5.55. The van der Waals surface area contributed by atoms with E-state index in [2.05, 4.69) is 15.2 Å². The zero-order valence-corrected chi connectivity index (χ0v) is 13.1. The summed E-state index contributed by atoms with van der Waals surface area (Å²) in [5.74, 6) is 1.78. The SMILES string of the molecule is Cc1cccc(-c2noc(COc3c(C)nn(C)c3C)n2)c1. The first kappa shape index (κ1) is 14.3. The van der Waals surface area contributed by atoms with E-state index in [1.807, 2.05) is 52.1 Å². The molecule has 0 saturated heterocycles. The number of aromatic nitrogens is 4. The number of hydrogen-bond donors (Lipinski definition) is 0. The molecule has 0 unspecified atom stereocenters. The predicted octanol–water partition coefficient (Wildman–Crippen LogP) is 2.97. The molecule has 3 rings (SSSR count). The Morgan fingerprint density at radius 3 is 2.73 bits per heavy atom. The van der Waals surface area contributed by atoms with Crippen LogP contribution >= 0.6 is 0 Å². The second-order valence-electron chi connectivity index (χ2n) is 5.29. The van der Waals surface area contributed by atoms with Gasteiger partial charge in [0.2, 0.25) is 5.82 Å². The highest BCUT2D eigenvalue weighted by Gasteiger charge is 2.14. The quantitative estimate of drug-likeness (QED) is 0.741. The van der Waals surface area contributed by atoms with E-state index >= 15 is 0 Å². The average molecular weight is 298 g/mol. The molecule has 1 aromatic carbocycles. The number of benzene rings is 1. The van der Waals surface area contributed by atoms with Crippen LogP contribution in [0.1, 0.15) is 22.8 Å². The maximum atomic E-state index is 5.77. The first-order chi connectivity index (χ1) is 10.5. The molecule has 0 bridgehead atoms. The van der Waals surface area contributed by atoms with Crippen LogP contribution in [-0.2, 0) is 13.7 Å². The van der Waals surface area contributed by atoms with Crippen molar-refractivity contribution in [2.75, 3.05) is 0 Å². The molecule has 0 saturated carbocycles. The van der Waals surface area contributed by atoms with E-state index in [1.54, 1.807) is 4.68 Å². The molecule has 0 aliphatic heterocycles. The molecule has 3 aromatic rings. The molecule has 2 aromatic heterocycles. The third kappa shape index (κ3) is 2.72. The Labute approximate surface area is 128 Å². The van der Waals surface area contributed by atoms with Gasteiger partial charge in [-0.05, 0) is 26.8 Å². The van der Waals surface area contributed by atoms with Crippen molar-refractivity contribution in [1.29, 1.82) is 0 Å². The third-order valence-electron chi connectivity index (χ3n) is 3.53. The maximum Gasteiger partial charge on any atom is 0.264 e. The van der Waals surface area contributed by atoms with Gasteiger partial charge < -0.3 is 9.26 Å². The minimum atomic E-state index is 0.228. The number of hydrogen-bond acceptors (Lipinski definition) is 5. The Morgan fingerprint density at radius 2 is 2.05 bits per heavy atom. The smallest absolute Gasteiger partial charge is 0.264 e. The summed E-state index contributed by atoms with van der Waals surface area (Å²) in [5.41, 5.74) is 3.90. The van der Waals surface area contributed by atoms with Gasteiger partial charge in [-0.15, -0.1) is 0 Å². The van der Waals surface area contributed by atoms with Crippen molar-refractivity contribution < 1.29 is 9.26 Å². The molecule has 0 amide bonds. The van der Waals surface area contributed by atoms with Crippen molar-refractivity contribution >= 4 is 0 Å². The Bertz CT molecular complexity index is 804. The molecule has 0 fully saturated rings. The van der Waals surface area contributed by atoms with E-state index in [-0.39, 0.29) is 6.61 Å². The first-order valence-electron chi connectivity index (χ1n) is 7.07. The molecule has 114 valence electrons. The summed E-state index contributed by atoms with van der Waals surface area (Å²) >= 11 is 0. The normalized spacial score (nSPS) is 10.9. The fourth-order valence-electron chi connectivity index (χ4n) is 2.31. The van der Waals surface area contributed by atoms with Crippen LogP contribution in [-0.4, -0.2) is 19.9 Å². The number of rotatable bonds is 4. The lowest BCUT2D eigenvalue weighted by Crippen LogP contribution is -1.98.